The number of ketones is 1. The highest BCUT2D eigenvalue weighted by molar-refractivity contribution is 6.07. The molecule has 2 aliphatic rings. The molecule has 0 bridgehead atoms. The van der Waals surface area contributed by atoms with Gasteiger partial charge in [-0.3, -0.25) is 9.59 Å². The Morgan fingerprint density at radius 1 is 1.10 bits per heavy atom. The summed E-state index contributed by atoms with van der Waals surface area (Å²) in [5.74, 6) is -0.545. The van der Waals surface area contributed by atoms with Crippen molar-refractivity contribution in [2.75, 3.05) is 7.11 Å². The summed E-state index contributed by atoms with van der Waals surface area (Å²) in [7, 11) is 1.31. The number of rotatable bonds is 4. The zero-order valence-corrected chi connectivity index (χ0v) is 18.4. The molecule has 0 aliphatic heterocycles. The van der Waals surface area contributed by atoms with Gasteiger partial charge in [0.15, 0.2) is 11.2 Å². The number of hydrogen-bond donors (Lipinski definition) is 1. The first-order chi connectivity index (χ1) is 14.2. The lowest BCUT2D eigenvalue weighted by Gasteiger charge is -2.47. The summed E-state index contributed by atoms with van der Waals surface area (Å²) >= 11 is 0. The van der Waals surface area contributed by atoms with Crippen molar-refractivity contribution in [3.63, 3.8) is 0 Å². The third-order valence-electron chi connectivity index (χ3n) is 6.43. The highest BCUT2D eigenvalue weighted by atomic mass is 16.6. The summed E-state index contributed by atoms with van der Waals surface area (Å²) in [6, 6.07) is 8.33. The lowest BCUT2D eigenvalue weighted by Crippen LogP contribution is -2.57. The molecule has 0 radical (unpaired) electrons. The predicted molar refractivity (Wildman–Crippen MR) is 113 cm³/mol. The summed E-state index contributed by atoms with van der Waals surface area (Å²) in [6.45, 7) is 5.33. The number of methoxy groups -OCH3 is 1. The quantitative estimate of drug-likeness (QED) is 0.575. The van der Waals surface area contributed by atoms with E-state index in [9.17, 15) is 14.4 Å². The van der Waals surface area contributed by atoms with Crippen LogP contribution < -0.4 is 5.32 Å². The van der Waals surface area contributed by atoms with Crippen molar-refractivity contribution in [3.8, 4) is 0 Å². The summed E-state index contributed by atoms with van der Waals surface area (Å²) in [4.78, 5) is 39.8. The lowest BCUT2D eigenvalue weighted by molar-refractivity contribution is -0.167. The molecule has 1 N–H and O–H groups in total. The van der Waals surface area contributed by atoms with Crippen molar-refractivity contribution >= 4 is 17.8 Å². The van der Waals surface area contributed by atoms with Crippen LogP contribution in [0.5, 0.6) is 0 Å². The normalized spacial score (nSPS) is 27.5. The molecule has 3 rings (SSSR count). The van der Waals surface area contributed by atoms with Crippen LogP contribution in [0.2, 0.25) is 0 Å². The predicted octanol–water partition coefficient (Wildman–Crippen LogP) is 4.58. The lowest BCUT2D eigenvalue weighted by atomic mass is 9.57. The number of benzene rings is 1. The van der Waals surface area contributed by atoms with Crippen molar-refractivity contribution in [2.24, 2.45) is 17.3 Å². The molecule has 0 aromatic heterocycles. The van der Waals surface area contributed by atoms with Crippen LogP contribution in [0.25, 0.3) is 0 Å². The highest BCUT2D eigenvalue weighted by Gasteiger charge is 2.59. The molecule has 0 heterocycles. The SMILES string of the molecule is COC(=O)[C@]1([C@H](NC(=O)OC(C)(C)C)c2ccccc2)CC[C@H]2CCCC[C@H]2C1=O. The van der Waals surface area contributed by atoms with Gasteiger partial charge in [-0.2, -0.15) is 0 Å². The zero-order valence-electron chi connectivity index (χ0n) is 18.4. The fourth-order valence-electron chi connectivity index (χ4n) is 5.12. The second-order valence-corrected chi connectivity index (χ2v) is 9.51. The van der Waals surface area contributed by atoms with Crippen LogP contribution in [0.1, 0.15) is 70.9 Å². The summed E-state index contributed by atoms with van der Waals surface area (Å²) in [5.41, 5.74) is -1.46. The van der Waals surface area contributed by atoms with E-state index in [1.54, 1.807) is 20.8 Å². The first-order valence-electron chi connectivity index (χ1n) is 10.9. The van der Waals surface area contributed by atoms with Crippen LogP contribution in [0, 0.1) is 17.3 Å². The minimum Gasteiger partial charge on any atom is -0.468 e. The molecule has 0 saturated heterocycles. The molecule has 1 aromatic rings. The smallest absolute Gasteiger partial charge is 0.408 e. The average Bonchev–Trinajstić information content (AvgIpc) is 2.72. The third-order valence-corrected chi connectivity index (χ3v) is 6.43. The maximum absolute atomic E-state index is 13.9. The second kappa shape index (κ2) is 8.78. The summed E-state index contributed by atoms with van der Waals surface area (Å²) < 4.78 is 10.6. The van der Waals surface area contributed by atoms with Crippen molar-refractivity contribution in [1.82, 2.24) is 5.32 Å². The number of hydrogen-bond acceptors (Lipinski definition) is 5. The number of fused-ring (bicyclic) bond motifs is 1. The molecule has 6 nitrogen and oxygen atoms in total. The first kappa shape index (κ1) is 22.3. The van der Waals surface area contributed by atoms with Gasteiger partial charge >= 0.3 is 12.1 Å². The molecular formula is C24H33NO5. The van der Waals surface area contributed by atoms with Crippen molar-refractivity contribution < 1.29 is 23.9 Å². The second-order valence-electron chi connectivity index (χ2n) is 9.51. The molecule has 1 amide bonds. The van der Waals surface area contributed by atoms with E-state index in [1.807, 2.05) is 30.3 Å². The topological polar surface area (TPSA) is 81.7 Å². The largest absolute Gasteiger partial charge is 0.468 e. The van der Waals surface area contributed by atoms with Gasteiger partial charge in [0.2, 0.25) is 0 Å². The van der Waals surface area contributed by atoms with E-state index in [-0.39, 0.29) is 11.7 Å². The molecule has 0 spiro atoms. The van der Waals surface area contributed by atoms with E-state index < -0.39 is 29.1 Å². The standard InChI is InChI=1S/C24H33NO5/c1-23(2,3)30-22(28)25-19(17-11-6-5-7-12-17)24(21(27)29-4)15-14-16-10-8-9-13-18(16)20(24)26/h5-7,11-12,16,18-19H,8-10,13-15H2,1-4H3,(H,25,28)/t16-,18-,19-,24+/m1/s1. The van der Waals surface area contributed by atoms with Gasteiger partial charge in [-0.25, -0.2) is 4.79 Å². The Kier molecular flexibility index (Phi) is 6.53. The van der Waals surface area contributed by atoms with Crippen LogP contribution in [0.3, 0.4) is 0 Å². The van der Waals surface area contributed by atoms with Gasteiger partial charge in [0.1, 0.15) is 5.60 Å². The molecule has 2 aliphatic carbocycles. The van der Waals surface area contributed by atoms with E-state index in [0.29, 0.717) is 17.9 Å². The van der Waals surface area contributed by atoms with Gasteiger partial charge in [0.25, 0.3) is 0 Å². The van der Waals surface area contributed by atoms with Crippen LogP contribution in [0.15, 0.2) is 30.3 Å². The molecule has 6 heteroatoms. The van der Waals surface area contributed by atoms with Gasteiger partial charge in [0, 0.05) is 5.92 Å². The monoisotopic (exact) mass is 415 g/mol. The number of nitrogens with one attached hydrogen (secondary N) is 1. The molecule has 164 valence electrons. The van der Waals surface area contributed by atoms with Gasteiger partial charge in [0.05, 0.1) is 13.2 Å². The minimum atomic E-state index is -1.45. The zero-order chi connectivity index (χ0) is 21.9. The van der Waals surface area contributed by atoms with E-state index >= 15 is 0 Å². The van der Waals surface area contributed by atoms with Crippen LogP contribution in [0.4, 0.5) is 4.79 Å². The number of amides is 1. The molecule has 2 saturated carbocycles. The first-order valence-corrected chi connectivity index (χ1v) is 10.9. The maximum atomic E-state index is 13.9. The van der Waals surface area contributed by atoms with Gasteiger partial charge < -0.3 is 14.8 Å². The molecule has 1 aromatic carbocycles. The van der Waals surface area contributed by atoms with Gasteiger partial charge in [-0.1, -0.05) is 43.2 Å². The number of Topliss-reactive ketones (excluding diaryl/α,β-unsaturated/α-hetero) is 1. The summed E-state index contributed by atoms with van der Waals surface area (Å²) in [6.07, 6.45) is 4.38. The summed E-state index contributed by atoms with van der Waals surface area (Å²) in [5, 5.41) is 2.86. The van der Waals surface area contributed by atoms with E-state index in [4.69, 9.17) is 9.47 Å². The van der Waals surface area contributed by atoms with Gasteiger partial charge in [-0.05, 0) is 57.9 Å². The van der Waals surface area contributed by atoms with E-state index in [0.717, 1.165) is 32.1 Å². The van der Waals surface area contributed by atoms with Crippen molar-refractivity contribution in [1.29, 1.82) is 0 Å². The minimum absolute atomic E-state index is 0.102. The Morgan fingerprint density at radius 3 is 2.40 bits per heavy atom. The number of carbonyl (C=O) groups is 3. The fraction of sp³-hybridized carbons (Fsp3) is 0.625. The molecular weight excluding hydrogens is 382 g/mol. The molecule has 2 fully saturated rings. The molecule has 0 unspecified atom stereocenters. The van der Waals surface area contributed by atoms with E-state index in [2.05, 4.69) is 5.32 Å². The van der Waals surface area contributed by atoms with Crippen molar-refractivity contribution in [2.45, 2.75) is 70.9 Å². The van der Waals surface area contributed by atoms with Crippen LogP contribution in [-0.2, 0) is 19.1 Å². The number of esters is 1. The van der Waals surface area contributed by atoms with E-state index in [1.165, 1.54) is 7.11 Å². The highest BCUT2D eigenvalue weighted by Crippen LogP contribution is 2.51. The number of carbonyl (C=O) groups excluding carboxylic acids is 3. The Bertz CT molecular complexity index is 785. The van der Waals surface area contributed by atoms with Crippen LogP contribution >= 0.6 is 0 Å². The third kappa shape index (κ3) is 4.37. The molecule has 4 atom stereocenters. The van der Waals surface area contributed by atoms with Crippen LogP contribution in [-0.4, -0.2) is 30.6 Å². The maximum Gasteiger partial charge on any atom is 0.408 e. The van der Waals surface area contributed by atoms with Crippen molar-refractivity contribution in [3.05, 3.63) is 35.9 Å². The Morgan fingerprint density at radius 2 is 1.77 bits per heavy atom. The Labute approximate surface area is 178 Å². The number of ether oxygens (including phenoxy) is 2. The number of alkyl carbamates (subject to hydrolysis) is 1. The Balaban J connectivity index is 2.05. The van der Waals surface area contributed by atoms with Gasteiger partial charge in [-0.15, -0.1) is 0 Å². The Hall–Kier alpha value is -2.37. The molecule has 30 heavy (non-hydrogen) atoms. The average molecular weight is 416 g/mol. The fourth-order valence-corrected chi connectivity index (χ4v) is 5.12.